The minimum absolute atomic E-state index is 0.299. The topological polar surface area (TPSA) is 52.6 Å². The molecule has 96 valence electrons. The van der Waals surface area contributed by atoms with Gasteiger partial charge < -0.3 is 9.47 Å². The van der Waals surface area contributed by atoms with E-state index >= 15 is 0 Å². The van der Waals surface area contributed by atoms with E-state index in [1.54, 1.807) is 6.08 Å². The van der Waals surface area contributed by atoms with Crippen LogP contribution < -0.4 is 0 Å². The van der Waals surface area contributed by atoms with Gasteiger partial charge in [0.05, 0.1) is 14.2 Å². The molecular weight excluding hydrogens is 220 g/mol. The fourth-order valence-corrected chi connectivity index (χ4v) is 1.53. The van der Waals surface area contributed by atoms with Crippen molar-refractivity contribution in [2.75, 3.05) is 14.2 Å². The first-order chi connectivity index (χ1) is 7.97. The van der Waals surface area contributed by atoms with Gasteiger partial charge in [-0.05, 0) is 19.8 Å². The molecule has 0 heterocycles. The molecule has 0 unspecified atom stereocenters. The average Bonchev–Trinajstić information content (AvgIpc) is 2.32. The number of methoxy groups -OCH3 is 2. The molecular formula is C13H20O4. The van der Waals surface area contributed by atoms with Crippen LogP contribution in [0.1, 0.15) is 19.8 Å². The zero-order valence-corrected chi connectivity index (χ0v) is 10.7. The van der Waals surface area contributed by atoms with E-state index in [-0.39, 0.29) is 5.92 Å². The molecule has 0 bridgehead atoms. The maximum absolute atomic E-state index is 11.6. The maximum Gasteiger partial charge on any atom is 0.320 e. The molecule has 0 radical (unpaired) electrons. The number of rotatable bonds is 7. The summed E-state index contributed by atoms with van der Waals surface area (Å²) in [5.41, 5.74) is 0.991. The van der Waals surface area contributed by atoms with Crippen LogP contribution in [0.25, 0.3) is 0 Å². The summed E-state index contributed by atoms with van der Waals surface area (Å²) in [6.45, 7) is 9.33. The van der Waals surface area contributed by atoms with Gasteiger partial charge in [0.2, 0.25) is 0 Å². The zero-order chi connectivity index (χ0) is 13.4. The standard InChI is InChI=1S/C13H20O4/c1-6-10(8-7-9(2)3)11(12(14)16-4)13(15)17-5/h6,10-11H,1-2,7-8H2,3-5H3/t10-/m0/s1. The first-order valence-corrected chi connectivity index (χ1v) is 5.40. The van der Waals surface area contributed by atoms with E-state index in [0.29, 0.717) is 6.42 Å². The van der Waals surface area contributed by atoms with Crippen molar-refractivity contribution in [2.24, 2.45) is 11.8 Å². The van der Waals surface area contributed by atoms with Gasteiger partial charge in [0, 0.05) is 5.92 Å². The van der Waals surface area contributed by atoms with Gasteiger partial charge in [-0.2, -0.15) is 0 Å². The molecule has 4 heteroatoms. The van der Waals surface area contributed by atoms with Crippen molar-refractivity contribution in [3.05, 3.63) is 24.8 Å². The summed E-state index contributed by atoms with van der Waals surface area (Å²) in [5.74, 6) is -2.43. The van der Waals surface area contributed by atoms with Crippen LogP contribution in [0.4, 0.5) is 0 Å². The smallest absolute Gasteiger partial charge is 0.320 e. The minimum Gasteiger partial charge on any atom is -0.468 e. The Morgan fingerprint density at radius 3 is 2.00 bits per heavy atom. The molecule has 0 aromatic rings. The average molecular weight is 240 g/mol. The molecule has 0 N–H and O–H groups in total. The van der Waals surface area contributed by atoms with Crippen LogP contribution in [0.2, 0.25) is 0 Å². The molecule has 1 atom stereocenters. The van der Waals surface area contributed by atoms with Gasteiger partial charge in [-0.25, -0.2) is 0 Å². The Morgan fingerprint density at radius 1 is 1.24 bits per heavy atom. The molecule has 0 aromatic carbocycles. The number of carbonyl (C=O) groups is 2. The van der Waals surface area contributed by atoms with E-state index in [2.05, 4.69) is 22.6 Å². The number of esters is 2. The second kappa shape index (κ2) is 7.65. The summed E-state index contributed by atoms with van der Waals surface area (Å²) in [5, 5.41) is 0. The van der Waals surface area contributed by atoms with Crippen LogP contribution >= 0.6 is 0 Å². The Morgan fingerprint density at radius 2 is 1.71 bits per heavy atom. The summed E-state index contributed by atoms with van der Waals surface area (Å²) < 4.78 is 9.23. The fraction of sp³-hybridized carbons (Fsp3) is 0.538. The lowest BCUT2D eigenvalue weighted by Gasteiger charge is -2.20. The lowest BCUT2D eigenvalue weighted by Crippen LogP contribution is -2.32. The maximum atomic E-state index is 11.6. The Balaban J connectivity index is 4.84. The third-order valence-electron chi connectivity index (χ3n) is 2.55. The van der Waals surface area contributed by atoms with Gasteiger partial charge in [0.25, 0.3) is 0 Å². The molecule has 0 fully saturated rings. The summed E-state index contributed by atoms with van der Waals surface area (Å²) in [7, 11) is 2.49. The molecule has 0 aliphatic heterocycles. The van der Waals surface area contributed by atoms with Gasteiger partial charge in [-0.1, -0.05) is 11.6 Å². The fourth-order valence-electron chi connectivity index (χ4n) is 1.53. The Kier molecular flexibility index (Phi) is 6.94. The van der Waals surface area contributed by atoms with E-state index in [1.165, 1.54) is 14.2 Å². The predicted octanol–water partition coefficient (Wildman–Crippen LogP) is 2.11. The van der Waals surface area contributed by atoms with E-state index < -0.39 is 17.9 Å². The van der Waals surface area contributed by atoms with Crippen LogP contribution in [0.15, 0.2) is 24.8 Å². The highest BCUT2D eigenvalue weighted by molar-refractivity contribution is 5.95. The van der Waals surface area contributed by atoms with E-state index in [1.807, 2.05) is 6.92 Å². The molecule has 0 saturated carbocycles. The Hall–Kier alpha value is -1.58. The summed E-state index contributed by atoms with van der Waals surface area (Å²) >= 11 is 0. The molecule has 0 saturated heterocycles. The molecule has 0 aliphatic rings. The predicted molar refractivity (Wildman–Crippen MR) is 65.3 cm³/mol. The van der Waals surface area contributed by atoms with Crippen LogP contribution in [-0.4, -0.2) is 26.2 Å². The van der Waals surface area contributed by atoms with Crippen molar-refractivity contribution in [1.29, 1.82) is 0 Å². The molecule has 0 rings (SSSR count). The SMILES string of the molecule is C=C[C@@H](CCC(=C)C)C(C(=O)OC)C(=O)OC. The Bertz CT molecular complexity index is 291. The van der Waals surface area contributed by atoms with Crippen molar-refractivity contribution in [2.45, 2.75) is 19.8 Å². The minimum atomic E-state index is -0.943. The zero-order valence-electron chi connectivity index (χ0n) is 10.7. The highest BCUT2D eigenvalue weighted by Crippen LogP contribution is 2.23. The number of hydrogen-bond donors (Lipinski definition) is 0. The number of allylic oxidation sites excluding steroid dienone is 2. The third-order valence-corrected chi connectivity index (χ3v) is 2.55. The van der Waals surface area contributed by atoms with Crippen LogP contribution in [-0.2, 0) is 19.1 Å². The van der Waals surface area contributed by atoms with Crippen molar-refractivity contribution in [3.8, 4) is 0 Å². The van der Waals surface area contributed by atoms with Crippen LogP contribution in [0, 0.1) is 11.8 Å². The van der Waals surface area contributed by atoms with Gasteiger partial charge in [0.1, 0.15) is 0 Å². The first-order valence-electron chi connectivity index (χ1n) is 5.40. The van der Waals surface area contributed by atoms with Gasteiger partial charge in [-0.3, -0.25) is 9.59 Å². The number of ether oxygens (including phenoxy) is 2. The van der Waals surface area contributed by atoms with Crippen molar-refractivity contribution in [1.82, 2.24) is 0 Å². The highest BCUT2D eigenvalue weighted by Gasteiger charge is 2.34. The van der Waals surface area contributed by atoms with E-state index in [0.717, 1.165) is 12.0 Å². The van der Waals surface area contributed by atoms with Gasteiger partial charge in [-0.15, -0.1) is 13.2 Å². The molecule has 0 aliphatic carbocycles. The third kappa shape index (κ3) is 4.85. The quantitative estimate of drug-likeness (QED) is 0.388. The largest absolute Gasteiger partial charge is 0.468 e. The van der Waals surface area contributed by atoms with Crippen LogP contribution in [0.5, 0.6) is 0 Å². The van der Waals surface area contributed by atoms with Crippen molar-refractivity contribution >= 4 is 11.9 Å². The van der Waals surface area contributed by atoms with Gasteiger partial charge >= 0.3 is 11.9 Å². The lowest BCUT2D eigenvalue weighted by molar-refractivity contribution is -0.160. The summed E-state index contributed by atoms with van der Waals surface area (Å²) in [4.78, 5) is 23.1. The molecule has 0 spiro atoms. The first kappa shape index (κ1) is 15.4. The molecule has 0 aromatic heterocycles. The molecule has 4 nitrogen and oxygen atoms in total. The summed E-state index contributed by atoms with van der Waals surface area (Å²) in [6, 6.07) is 0. The molecule has 17 heavy (non-hydrogen) atoms. The number of carbonyl (C=O) groups excluding carboxylic acids is 2. The second-order valence-electron chi connectivity index (χ2n) is 3.92. The highest BCUT2D eigenvalue weighted by atomic mass is 16.5. The second-order valence-corrected chi connectivity index (χ2v) is 3.92. The number of hydrogen-bond acceptors (Lipinski definition) is 4. The van der Waals surface area contributed by atoms with E-state index in [9.17, 15) is 9.59 Å². The Labute approximate surface area is 102 Å². The molecule has 0 amide bonds. The van der Waals surface area contributed by atoms with Gasteiger partial charge in [0.15, 0.2) is 5.92 Å². The summed E-state index contributed by atoms with van der Waals surface area (Å²) in [6.07, 6.45) is 2.93. The van der Waals surface area contributed by atoms with Crippen molar-refractivity contribution < 1.29 is 19.1 Å². The van der Waals surface area contributed by atoms with Crippen molar-refractivity contribution in [3.63, 3.8) is 0 Å². The lowest BCUT2D eigenvalue weighted by atomic mass is 9.87. The van der Waals surface area contributed by atoms with Crippen LogP contribution in [0.3, 0.4) is 0 Å². The normalized spacial score (nSPS) is 11.8. The van der Waals surface area contributed by atoms with E-state index in [4.69, 9.17) is 0 Å². The monoisotopic (exact) mass is 240 g/mol.